The summed E-state index contributed by atoms with van der Waals surface area (Å²) in [5.41, 5.74) is 0.383. The number of anilines is 1. The molecule has 3 aliphatic rings. The van der Waals surface area contributed by atoms with E-state index >= 15 is 0 Å². The molecular formula is C30H37N3O6. The lowest BCUT2D eigenvalue weighted by atomic mass is 9.70. The van der Waals surface area contributed by atoms with Gasteiger partial charge in [0.1, 0.15) is 17.4 Å². The molecule has 5 rings (SSSR count). The van der Waals surface area contributed by atoms with Crippen LogP contribution >= 0.6 is 0 Å². The molecule has 9 heteroatoms. The Hall–Kier alpha value is -3.43. The first-order valence-electron chi connectivity index (χ1n) is 13.7. The van der Waals surface area contributed by atoms with Crippen LogP contribution in [0.25, 0.3) is 0 Å². The Bertz CT molecular complexity index is 1200. The third-order valence-electron chi connectivity index (χ3n) is 8.80. The van der Waals surface area contributed by atoms with E-state index in [2.05, 4.69) is 10.6 Å². The van der Waals surface area contributed by atoms with Crippen LogP contribution in [0, 0.1) is 17.8 Å². The molecule has 39 heavy (non-hydrogen) atoms. The quantitative estimate of drug-likeness (QED) is 0.431. The number of rotatable bonds is 10. The number of hydrogen-bond acceptors (Lipinski definition) is 6. The molecule has 3 aliphatic heterocycles. The number of carbonyl (C=O) groups excluding carboxylic acids is 3. The molecule has 7 atom stereocenters. The average Bonchev–Trinajstić information content (AvgIpc) is 3.60. The van der Waals surface area contributed by atoms with Gasteiger partial charge in [-0.2, -0.15) is 0 Å². The summed E-state index contributed by atoms with van der Waals surface area (Å²) in [6, 6.07) is 15.0. The summed E-state index contributed by atoms with van der Waals surface area (Å²) in [5, 5.41) is 16.4. The number of nitrogens with one attached hydrogen (secondary N) is 2. The maximum atomic E-state index is 14.2. The fourth-order valence-corrected chi connectivity index (χ4v) is 6.65. The van der Waals surface area contributed by atoms with Gasteiger partial charge in [-0.05, 0) is 48.6 Å². The molecule has 0 saturated carbocycles. The van der Waals surface area contributed by atoms with E-state index in [-0.39, 0.29) is 30.2 Å². The Morgan fingerprint density at radius 3 is 2.51 bits per heavy atom. The zero-order valence-electron chi connectivity index (χ0n) is 22.6. The zero-order chi connectivity index (χ0) is 27.7. The maximum Gasteiger partial charge on any atom is 0.250 e. The maximum absolute atomic E-state index is 14.2. The molecule has 3 heterocycles. The highest BCUT2D eigenvalue weighted by Crippen LogP contribution is 2.59. The summed E-state index contributed by atoms with van der Waals surface area (Å²) in [5.74, 6) is -1.83. The summed E-state index contributed by atoms with van der Waals surface area (Å²) in [6.45, 7) is 4.00. The molecule has 2 unspecified atom stereocenters. The monoisotopic (exact) mass is 535 g/mol. The van der Waals surface area contributed by atoms with Crippen molar-refractivity contribution >= 4 is 23.4 Å². The topological polar surface area (TPSA) is 117 Å². The minimum absolute atomic E-state index is 0.0620. The minimum atomic E-state index is -1.13. The van der Waals surface area contributed by atoms with Gasteiger partial charge in [0.15, 0.2) is 0 Å². The fraction of sp³-hybridized carbons (Fsp3) is 0.500. The molecule has 2 bridgehead atoms. The molecule has 3 fully saturated rings. The number of amides is 3. The summed E-state index contributed by atoms with van der Waals surface area (Å²) in [6.07, 6.45) is 1.35. The Kier molecular flexibility index (Phi) is 7.64. The van der Waals surface area contributed by atoms with Gasteiger partial charge in [0.05, 0.1) is 37.7 Å². The second-order valence-electron chi connectivity index (χ2n) is 10.9. The minimum Gasteiger partial charge on any atom is -0.497 e. The van der Waals surface area contributed by atoms with Crippen molar-refractivity contribution in [2.75, 3.05) is 19.0 Å². The van der Waals surface area contributed by atoms with Crippen molar-refractivity contribution in [3.63, 3.8) is 0 Å². The molecule has 3 amide bonds. The van der Waals surface area contributed by atoms with Gasteiger partial charge in [0, 0.05) is 12.2 Å². The van der Waals surface area contributed by atoms with Gasteiger partial charge in [-0.1, -0.05) is 50.6 Å². The van der Waals surface area contributed by atoms with E-state index in [1.165, 1.54) is 4.90 Å². The fourth-order valence-electron chi connectivity index (χ4n) is 6.65. The van der Waals surface area contributed by atoms with Crippen LogP contribution in [0.1, 0.15) is 38.7 Å². The molecule has 0 aromatic heterocycles. The molecule has 0 radical (unpaired) electrons. The lowest BCUT2D eigenvalue weighted by Crippen LogP contribution is -2.57. The van der Waals surface area contributed by atoms with E-state index in [1.54, 1.807) is 31.4 Å². The van der Waals surface area contributed by atoms with Crippen LogP contribution in [-0.2, 0) is 25.7 Å². The van der Waals surface area contributed by atoms with Crippen LogP contribution in [0.5, 0.6) is 5.75 Å². The van der Waals surface area contributed by atoms with E-state index in [1.807, 2.05) is 44.2 Å². The highest BCUT2D eigenvalue weighted by Gasteiger charge is 2.75. The Morgan fingerprint density at radius 1 is 1.15 bits per heavy atom. The van der Waals surface area contributed by atoms with Crippen LogP contribution in [0.2, 0.25) is 0 Å². The summed E-state index contributed by atoms with van der Waals surface area (Å²) in [4.78, 5) is 43.2. The molecule has 2 aromatic rings. The van der Waals surface area contributed by atoms with Crippen LogP contribution in [0.15, 0.2) is 54.6 Å². The second kappa shape index (κ2) is 11.0. The van der Waals surface area contributed by atoms with Gasteiger partial charge >= 0.3 is 0 Å². The summed E-state index contributed by atoms with van der Waals surface area (Å²) >= 11 is 0. The highest BCUT2D eigenvalue weighted by atomic mass is 16.5. The van der Waals surface area contributed by atoms with E-state index < -0.39 is 35.6 Å². The molecular weight excluding hydrogens is 498 g/mol. The third kappa shape index (κ3) is 4.67. The van der Waals surface area contributed by atoms with E-state index in [4.69, 9.17) is 9.47 Å². The normalized spacial score (nSPS) is 28.6. The first-order chi connectivity index (χ1) is 18.8. The number of fused-ring (bicyclic) bond motifs is 1. The smallest absolute Gasteiger partial charge is 0.250 e. The molecule has 0 aliphatic carbocycles. The van der Waals surface area contributed by atoms with Crippen molar-refractivity contribution in [1.82, 2.24) is 10.2 Å². The van der Waals surface area contributed by atoms with Gasteiger partial charge in [-0.15, -0.1) is 0 Å². The molecule has 208 valence electrons. The Labute approximate surface area is 228 Å². The number of aliphatic hydroxyl groups is 1. The number of nitrogens with zero attached hydrogens (tertiary/aromatic N) is 1. The van der Waals surface area contributed by atoms with E-state index in [9.17, 15) is 19.5 Å². The summed E-state index contributed by atoms with van der Waals surface area (Å²) in [7, 11) is 1.57. The van der Waals surface area contributed by atoms with Crippen molar-refractivity contribution in [2.45, 2.75) is 63.4 Å². The number of likely N-dealkylation sites (tertiary alicyclic amines) is 1. The van der Waals surface area contributed by atoms with Gasteiger partial charge < -0.3 is 30.1 Å². The van der Waals surface area contributed by atoms with Crippen molar-refractivity contribution in [2.24, 2.45) is 17.8 Å². The predicted molar refractivity (Wildman–Crippen MR) is 145 cm³/mol. The Balaban J connectivity index is 1.46. The molecule has 3 saturated heterocycles. The van der Waals surface area contributed by atoms with Gasteiger partial charge in [-0.3, -0.25) is 14.4 Å². The number of aliphatic hydroxyl groups excluding tert-OH is 1. The SMILES string of the molecule is CC[C@H](C)[C@H](CO)N1C(=O)[C@@H]2[C@@H](C(=O)NCc3ccccc3)[C@H]3CCC2(O3)C1C(=O)Nc1ccc(OC)cc1. The second-order valence-corrected chi connectivity index (χ2v) is 10.9. The molecule has 9 nitrogen and oxygen atoms in total. The van der Waals surface area contributed by atoms with Crippen LogP contribution < -0.4 is 15.4 Å². The van der Waals surface area contributed by atoms with Crippen molar-refractivity contribution in [3.05, 3.63) is 60.2 Å². The predicted octanol–water partition coefficient (Wildman–Crippen LogP) is 2.73. The van der Waals surface area contributed by atoms with Crippen LogP contribution in [-0.4, -0.2) is 65.2 Å². The highest BCUT2D eigenvalue weighted by molar-refractivity contribution is 6.03. The van der Waals surface area contributed by atoms with Crippen molar-refractivity contribution in [1.29, 1.82) is 0 Å². The van der Waals surface area contributed by atoms with E-state index in [0.717, 1.165) is 5.56 Å². The first-order valence-corrected chi connectivity index (χ1v) is 13.7. The zero-order valence-corrected chi connectivity index (χ0v) is 22.6. The standard InChI is InChI=1S/C30H37N3O6/c1-4-18(2)22(17-34)33-26(28(36)32-20-10-12-21(38-3)13-11-20)30-15-14-23(39-30)24(25(30)29(33)37)27(35)31-16-19-8-6-5-7-9-19/h5-13,18,22-26,34H,4,14-17H2,1-3H3,(H,31,35)(H,32,36)/t18-,22-,23+,24-,25-,26?,30?/m0/s1. The van der Waals surface area contributed by atoms with Crippen LogP contribution in [0.4, 0.5) is 5.69 Å². The number of ether oxygens (including phenoxy) is 2. The third-order valence-corrected chi connectivity index (χ3v) is 8.80. The first kappa shape index (κ1) is 27.1. The largest absolute Gasteiger partial charge is 0.497 e. The van der Waals surface area contributed by atoms with Crippen molar-refractivity contribution in [3.8, 4) is 5.75 Å². The number of hydrogen-bond donors (Lipinski definition) is 3. The van der Waals surface area contributed by atoms with Gasteiger partial charge in [0.2, 0.25) is 17.7 Å². The number of methoxy groups -OCH3 is 1. The molecule has 3 N–H and O–H groups in total. The number of carbonyl (C=O) groups is 3. The average molecular weight is 536 g/mol. The van der Waals surface area contributed by atoms with Gasteiger partial charge in [-0.25, -0.2) is 0 Å². The lowest BCUT2D eigenvalue weighted by Gasteiger charge is -2.38. The summed E-state index contributed by atoms with van der Waals surface area (Å²) < 4.78 is 11.7. The molecule has 2 aromatic carbocycles. The van der Waals surface area contributed by atoms with Crippen LogP contribution in [0.3, 0.4) is 0 Å². The van der Waals surface area contributed by atoms with Crippen molar-refractivity contribution < 1.29 is 29.0 Å². The van der Waals surface area contributed by atoms with Gasteiger partial charge in [0.25, 0.3) is 0 Å². The number of benzene rings is 2. The Morgan fingerprint density at radius 2 is 1.87 bits per heavy atom. The lowest BCUT2D eigenvalue weighted by molar-refractivity contribution is -0.145. The van der Waals surface area contributed by atoms with E-state index in [0.29, 0.717) is 37.2 Å². The molecule has 1 spiro atoms.